The largest absolute Gasteiger partial charge is 0.481 e. The number of likely N-dealkylation sites (tertiary alicyclic amines) is 1. The van der Waals surface area contributed by atoms with Crippen LogP contribution in [-0.4, -0.2) is 58.5 Å². The maximum Gasteiger partial charge on any atom is 0.304 e. The molecule has 19 heavy (non-hydrogen) atoms. The number of amides is 1. The van der Waals surface area contributed by atoms with Crippen molar-refractivity contribution in [2.45, 2.75) is 57.5 Å². The molecule has 1 N–H and O–H groups in total. The molecule has 1 aliphatic heterocycles. The molecule has 0 radical (unpaired) electrons. The highest BCUT2D eigenvalue weighted by atomic mass is 16.4. The van der Waals surface area contributed by atoms with Crippen molar-refractivity contribution < 1.29 is 14.7 Å². The molecular weight excluding hydrogens is 244 g/mol. The standard InChI is InChI=1S/C14H24N2O3/c1-11(14(19)15-8-3-2-4-9-15)16(12-5-6-12)10-7-13(17)18/h11-12H,2-10H2,1H3,(H,17,18). The second kappa shape index (κ2) is 6.37. The van der Waals surface area contributed by atoms with Crippen LogP contribution in [0.25, 0.3) is 0 Å². The van der Waals surface area contributed by atoms with Crippen LogP contribution in [-0.2, 0) is 9.59 Å². The van der Waals surface area contributed by atoms with Crippen LogP contribution in [0.15, 0.2) is 0 Å². The van der Waals surface area contributed by atoms with Crippen LogP contribution in [0.5, 0.6) is 0 Å². The first-order valence-electron chi connectivity index (χ1n) is 7.36. The van der Waals surface area contributed by atoms with E-state index in [1.165, 1.54) is 6.42 Å². The fourth-order valence-corrected chi connectivity index (χ4v) is 2.84. The van der Waals surface area contributed by atoms with E-state index in [9.17, 15) is 9.59 Å². The van der Waals surface area contributed by atoms with Crippen molar-refractivity contribution in [2.75, 3.05) is 19.6 Å². The first kappa shape index (κ1) is 14.3. The van der Waals surface area contributed by atoms with Crippen LogP contribution in [0, 0.1) is 0 Å². The lowest BCUT2D eigenvalue weighted by Gasteiger charge is -2.34. The van der Waals surface area contributed by atoms with Crippen LogP contribution >= 0.6 is 0 Å². The third kappa shape index (κ3) is 3.93. The molecular formula is C14H24N2O3. The Morgan fingerprint density at radius 3 is 2.42 bits per heavy atom. The summed E-state index contributed by atoms with van der Waals surface area (Å²) in [6.07, 6.45) is 5.71. The van der Waals surface area contributed by atoms with E-state index < -0.39 is 5.97 Å². The van der Waals surface area contributed by atoms with Gasteiger partial charge >= 0.3 is 5.97 Å². The first-order chi connectivity index (χ1) is 9.09. The Hall–Kier alpha value is -1.10. The molecule has 1 heterocycles. The van der Waals surface area contributed by atoms with E-state index in [1.807, 2.05) is 11.8 Å². The second-order valence-corrected chi connectivity index (χ2v) is 5.67. The lowest BCUT2D eigenvalue weighted by Crippen LogP contribution is -2.50. The Morgan fingerprint density at radius 1 is 1.26 bits per heavy atom. The zero-order chi connectivity index (χ0) is 13.8. The number of carbonyl (C=O) groups is 2. The summed E-state index contributed by atoms with van der Waals surface area (Å²) >= 11 is 0. The molecule has 1 saturated carbocycles. The summed E-state index contributed by atoms with van der Waals surface area (Å²) in [7, 11) is 0. The first-order valence-corrected chi connectivity index (χ1v) is 7.36. The summed E-state index contributed by atoms with van der Waals surface area (Å²) in [5, 5.41) is 8.81. The quantitative estimate of drug-likeness (QED) is 0.789. The molecule has 5 heteroatoms. The highest BCUT2D eigenvalue weighted by Gasteiger charge is 2.36. The Balaban J connectivity index is 1.91. The average Bonchev–Trinajstić information content (AvgIpc) is 3.23. The Kier molecular flexibility index (Phi) is 4.80. The summed E-state index contributed by atoms with van der Waals surface area (Å²) in [4.78, 5) is 27.2. The highest BCUT2D eigenvalue weighted by molar-refractivity contribution is 5.81. The zero-order valence-corrected chi connectivity index (χ0v) is 11.7. The van der Waals surface area contributed by atoms with E-state index in [4.69, 9.17) is 5.11 Å². The van der Waals surface area contributed by atoms with Gasteiger partial charge in [0.2, 0.25) is 5.91 Å². The molecule has 0 aromatic carbocycles. The van der Waals surface area contributed by atoms with Crippen molar-refractivity contribution in [3.8, 4) is 0 Å². The van der Waals surface area contributed by atoms with Gasteiger partial charge in [-0.25, -0.2) is 0 Å². The van der Waals surface area contributed by atoms with Gasteiger partial charge in [-0.2, -0.15) is 0 Å². The summed E-state index contributed by atoms with van der Waals surface area (Å²) < 4.78 is 0. The molecule has 1 saturated heterocycles. The van der Waals surface area contributed by atoms with Crippen LogP contribution < -0.4 is 0 Å². The molecule has 0 aromatic rings. The predicted octanol–water partition coefficient (Wildman–Crippen LogP) is 1.33. The number of carboxylic acids is 1. The molecule has 1 amide bonds. The summed E-state index contributed by atoms with van der Waals surface area (Å²) in [5.74, 6) is -0.611. The third-order valence-corrected chi connectivity index (χ3v) is 4.12. The minimum absolute atomic E-state index is 0.119. The van der Waals surface area contributed by atoms with Crippen LogP contribution in [0.1, 0.15) is 45.4 Å². The zero-order valence-electron chi connectivity index (χ0n) is 11.7. The SMILES string of the molecule is CC(C(=O)N1CCCCC1)N(CCC(=O)O)C1CC1. The minimum Gasteiger partial charge on any atom is -0.481 e. The number of piperidine rings is 1. The maximum atomic E-state index is 12.5. The van der Waals surface area contributed by atoms with Crippen molar-refractivity contribution >= 4 is 11.9 Å². The van der Waals surface area contributed by atoms with E-state index >= 15 is 0 Å². The molecule has 0 spiro atoms. The normalized spacial score (nSPS) is 21.5. The monoisotopic (exact) mass is 268 g/mol. The van der Waals surface area contributed by atoms with Gasteiger partial charge in [-0.3, -0.25) is 14.5 Å². The third-order valence-electron chi connectivity index (χ3n) is 4.12. The van der Waals surface area contributed by atoms with E-state index in [2.05, 4.69) is 4.90 Å². The van der Waals surface area contributed by atoms with Gasteiger partial charge in [0, 0.05) is 25.7 Å². The molecule has 2 fully saturated rings. The van der Waals surface area contributed by atoms with Crippen molar-refractivity contribution in [3.63, 3.8) is 0 Å². The van der Waals surface area contributed by atoms with Crippen molar-refractivity contribution in [1.82, 2.24) is 9.80 Å². The minimum atomic E-state index is -0.789. The van der Waals surface area contributed by atoms with E-state index in [0.717, 1.165) is 38.8 Å². The number of carboxylic acid groups (broad SMARTS) is 1. The molecule has 0 bridgehead atoms. The number of carbonyl (C=O) groups excluding carboxylic acids is 1. The Labute approximate surface area is 114 Å². The van der Waals surface area contributed by atoms with Gasteiger partial charge in [-0.15, -0.1) is 0 Å². The number of nitrogens with zero attached hydrogens (tertiary/aromatic N) is 2. The van der Waals surface area contributed by atoms with Gasteiger partial charge in [0.15, 0.2) is 0 Å². The van der Waals surface area contributed by atoms with Gasteiger partial charge in [0.1, 0.15) is 0 Å². The lowest BCUT2D eigenvalue weighted by atomic mass is 10.1. The molecule has 1 unspecified atom stereocenters. The van der Waals surface area contributed by atoms with Gasteiger partial charge in [0.25, 0.3) is 0 Å². The van der Waals surface area contributed by atoms with Gasteiger partial charge in [0.05, 0.1) is 12.5 Å². The van der Waals surface area contributed by atoms with E-state index in [-0.39, 0.29) is 18.4 Å². The summed E-state index contributed by atoms with van der Waals surface area (Å²) in [5.41, 5.74) is 0. The smallest absolute Gasteiger partial charge is 0.304 e. The van der Waals surface area contributed by atoms with Gasteiger partial charge < -0.3 is 10.0 Å². The van der Waals surface area contributed by atoms with E-state index in [1.54, 1.807) is 0 Å². The Bertz CT molecular complexity index is 336. The van der Waals surface area contributed by atoms with Crippen LogP contribution in [0.2, 0.25) is 0 Å². The number of rotatable bonds is 6. The molecule has 5 nitrogen and oxygen atoms in total. The van der Waals surface area contributed by atoms with Crippen LogP contribution in [0.4, 0.5) is 0 Å². The lowest BCUT2D eigenvalue weighted by molar-refractivity contribution is -0.141. The van der Waals surface area contributed by atoms with Crippen molar-refractivity contribution in [2.24, 2.45) is 0 Å². The average molecular weight is 268 g/mol. The number of aliphatic carboxylic acids is 1. The Morgan fingerprint density at radius 2 is 1.89 bits per heavy atom. The number of hydrogen-bond donors (Lipinski definition) is 1. The molecule has 2 aliphatic rings. The van der Waals surface area contributed by atoms with Crippen molar-refractivity contribution in [1.29, 1.82) is 0 Å². The topological polar surface area (TPSA) is 60.9 Å². The fraction of sp³-hybridized carbons (Fsp3) is 0.857. The summed E-state index contributed by atoms with van der Waals surface area (Å²) in [6.45, 7) is 4.14. The molecule has 1 aliphatic carbocycles. The fourth-order valence-electron chi connectivity index (χ4n) is 2.84. The number of hydrogen-bond acceptors (Lipinski definition) is 3. The van der Waals surface area contributed by atoms with Crippen molar-refractivity contribution in [3.05, 3.63) is 0 Å². The maximum absolute atomic E-state index is 12.5. The highest BCUT2D eigenvalue weighted by Crippen LogP contribution is 2.29. The van der Waals surface area contributed by atoms with E-state index in [0.29, 0.717) is 12.6 Å². The molecule has 2 rings (SSSR count). The summed E-state index contributed by atoms with van der Waals surface area (Å²) in [6, 6.07) is 0.244. The molecule has 108 valence electrons. The second-order valence-electron chi connectivity index (χ2n) is 5.67. The molecule has 0 aromatic heterocycles. The van der Waals surface area contributed by atoms with Gasteiger partial charge in [-0.05, 0) is 39.0 Å². The van der Waals surface area contributed by atoms with Gasteiger partial charge in [-0.1, -0.05) is 0 Å². The molecule has 1 atom stereocenters. The van der Waals surface area contributed by atoms with Crippen LogP contribution in [0.3, 0.4) is 0 Å². The predicted molar refractivity (Wildman–Crippen MR) is 71.9 cm³/mol.